The molecule has 0 bridgehead atoms. The second kappa shape index (κ2) is 8.54. The monoisotopic (exact) mass is 410 g/mol. The molecule has 30 heavy (non-hydrogen) atoms. The highest BCUT2D eigenvalue weighted by molar-refractivity contribution is 5.71. The number of hydrogen-bond acceptors (Lipinski definition) is 10. The summed E-state index contributed by atoms with van der Waals surface area (Å²) >= 11 is 0. The van der Waals surface area contributed by atoms with E-state index in [1.54, 1.807) is 20.4 Å². The van der Waals surface area contributed by atoms with Crippen molar-refractivity contribution in [1.82, 2.24) is 24.8 Å². The second-order valence-corrected chi connectivity index (χ2v) is 7.29. The molecule has 2 N–H and O–H groups in total. The van der Waals surface area contributed by atoms with Crippen LogP contribution >= 0.6 is 0 Å². The Kier molecular flexibility index (Phi) is 5.66. The summed E-state index contributed by atoms with van der Waals surface area (Å²) in [6, 6.07) is 6.19. The van der Waals surface area contributed by atoms with Gasteiger partial charge in [-0.15, -0.1) is 0 Å². The number of hydrogen-bond donors (Lipinski definition) is 2. The smallest absolute Gasteiger partial charge is 0.233 e. The summed E-state index contributed by atoms with van der Waals surface area (Å²) in [6.45, 7) is 1.80. The molecule has 1 saturated heterocycles. The predicted octanol–water partition coefficient (Wildman–Crippen LogP) is 2.46. The van der Waals surface area contributed by atoms with E-state index in [4.69, 9.17) is 9.15 Å². The van der Waals surface area contributed by atoms with Gasteiger partial charge in [-0.2, -0.15) is 15.0 Å². The maximum Gasteiger partial charge on any atom is 0.233 e. The molecule has 0 saturated carbocycles. The van der Waals surface area contributed by atoms with Crippen LogP contribution in [0.3, 0.4) is 0 Å². The predicted molar refractivity (Wildman–Crippen MR) is 115 cm³/mol. The number of nitrogens with one attached hydrogen (secondary N) is 2. The average molecular weight is 410 g/mol. The normalized spacial score (nSPS) is 16.2. The first kappa shape index (κ1) is 19.9. The van der Waals surface area contributed by atoms with E-state index in [2.05, 4.69) is 54.5 Å². The van der Waals surface area contributed by atoms with Crippen LogP contribution in [0.5, 0.6) is 5.75 Å². The van der Waals surface area contributed by atoms with Crippen molar-refractivity contribution >= 4 is 23.5 Å². The lowest BCUT2D eigenvalue weighted by Gasteiger charge is -2.21. The van der Waals surface area contributed by atoms with Crippen LogP contribution in [0, 0.1) is 0 Å². The number of benzene rings is 1. The molecule has 1 aromatic carbocycles. The van der Waals surface area contributed by atoms with Gasteiger partial charge in [0.1, 0.15) is 5.75 Å². The van der Waals surface area contributed by atoms with E-state index in [0.717, 1.165) is 30.8 Å². The lowest BCUT2D eigenvalue weighted by atomic mass is 10.1. The highest BCUT2D eigenvalue weighted by Gasteiger charge is 2.26. The lowest BCUT2D eigenvalue weighted by Crippen LogP contribution is -2.32. The molecule has 1 aliphatic heterocycles. The minimum atomic E-state index is 0.465. The van der Waals surface area contributed by atoms with Gasteiger partial charge in [-0.05, 0) is 32.6 Å². The summed E-state index contributed by atoms with van der Waals surface area (Å²) in [7, 11) is 7.62. The van der Waals surface area contributed by atoms with Gasteiger partial charge < -0.3 is 29.6 Å². The van der Waals surface area contributed by atoms with Crippen LogP contribution in [0.1, 0.15) is 6.42 Å². The van der Waals surface area contributed by atoms with E-state index >= 15 is 0 Å². The van der Waals surface area contributed by atoms with Crippen molar-refractivity contribution in [2.45, 2.75) is 12.5 Å². The number of likely N-dealkylation sites (N-methyl/N-ethyl adjacent to an activating group) is 1. The van der Waals surface area contributed by atoms with Crippen LogP contribution < -0.4 is 20.3 Å². The van der Waals surface area contributed by atoms with Crippen molar-refractivity contribution in [1.29, 1.82) is 0 Å². The first-order valence-corrected chi connectivity index (χ1v) is 9.76. The van der Waals surface area contributed by atoms with Gasteiger partial charge in [0.15, 0.2) is 12.2 Å². The number of nitrogens with zero attached hydrogens (tertiary/aromatic N) is 6. The highest BCUT2D eigenvalue weighted by atomic mass is 16.5. The fourth-order valence-electron chi connectivity index (χ4n) is 3.47. The molecule has 1 atom stereocenters. The third-order valence-corrected chi connectivity index (χ3v) is 5.18. The Morgan fingerprint density at radius 1 is 1.20 bits per heavy atom. The van der Waals surface area contributed by atoms with Crippen LogP contribution in [0.2, 0.25) is 0 Å². The minimum absolute atomic E-state index is 0.465. The van der Waals surface area contributed by atoms with Gasteiger partial charge in [0, 0.05) is 37.9 Å². The summed E-state index contributed by atoms with van der Waals surface area (Å²) in [4.78, 5) is 22.0. The third-order valence-electron chi connectivity index (χ3n) is 5.18. The van der Waals surface area contributed by atoms with Crippen LogP contribution in [-0.4, -0.2) is 72.2 Å². The van der Waals surface area contributed by atoms with E-state index in [1.807, 2.05) is 18.2 Å². The fraction of sp³-hybridized carbons (Fsp3) is 0.400. The first-order chi connectivity index (χ1) is 14.6. The zero-order valence-corrected chi connectivity index (χ0v) is 17.6. The van der Waals surface area contributed by atoms with Gasteiger partial charge in [-0.1, -0.05) is 0 Å². The molecule has 10 nitrogen and oxygen atoms in total. The first-order valence-electron chi connectivity index (χ1n) is 9.76. The van der Waals surface area contributed by atoms with Crippen molar-refractivity contribution in [2.75, 3.05) is 56.9 Å². The maximum absolute atomic E-state index is 5.53. The Morgan fingerprint density at radius 3 is 2.70 bits per heavy atom. The van der Waals surface area contributed by atoms with Crippen molar-refractivity contribution in [3.05, 3.63) is 30.8 Å². The standard InChI is InChI=1S/C20H26N8O2/c1-21-18-24-19(26-20(25-18)28-8-7-14(11-28)27(2)3)23-13-5-6-15(16(9-13)29-4)17-10-22-12-30-17/h5-6,9-10,12,14H,7-8,11H2,1-4H3,(H2,21,23,24,25,26). The molecule has 0 spiro atoms. The SMILES string of the molecule is CNc1nc(Nc2ccc(-c3cnco3)c(OC)c2)nc(N2CCC(N(C)C)C2)n1. The topological polar surface area (TPSA) is 104 Å². The quantitative estimate of drug-likeness (QED) is 0.603. The largest absolute Gasteiger partial charge is 0.496 e. The van der Waals surface area contributed by atoms with Gasteiger partial charge in [-0.25, -0.2) is 4.98 Å². The lowest BCUT2D eigenvalue weighted by molar-refractivity contribution is 0.315. The minimum Gasteiger partial charge on any atom is -0.496 e. The fourth-order valence-corrected chi connectivity index (χ4v) is 3.47. The highest BCUT2D eigenvalue weighted by Crippen LogP contribution is 2.33. The van der Waals surface area contributed by atoms with Gasteiger partial charge >= 0.3 is 0 Å². The van der Waals surface area contributed by atoms with Crippen molar-refractivity contribution in [2.24, 2.45) is 0 Å². The van der Waals surface area contributed by atoms with Crippen molar-refractivity contribution < 1.29 is 9.15 Å². The Hall–Kier alpha value is -3.40. The molecule has 0 radical (unpaired) electrons. The van der Waals surface area contributed by atoms with Crippen LogP contribution in [0.15, 0.2) is 35.2 Å². The Morgan fingerprint density at radius 2 is 2.03 bits per heavy atom. The molecule has 4 rings (SSSR count). The maximum atomic E-state index is 5.53. The van der Waals surface area contributed by atoms with Gasteiger partial charge in [0.05, 0.1) is 18.9 Å². The molecule has 3 heterocycles. The Labute approximate surface area is 175 Å². The summed E-state index contributed by atoms with van der Waals surface area (Å²) in [5.74, 6) is 2.94. The number of anilines is 4. The van der Waals surface area contributed by atoms with Crippen molar-refractivity contribution in [3.8, 4) is 17.1 Å². The van der Waals surface area contributed by atoms with Crippen LogP contribution in [0.4, 0.5) is 23.5 Å². The summed E-state index contributed by atoms with van der Waals surface area (Å²) in [6.07, 6.45) is 4.13. The summed E-state index contributed by atoms with van der Waals surface area (Å²) < 4.78 is 10.9. The van der Waals surface area contributed by atoms with Crippen LogP contribution in [0.25, 0.3) is 11.3 Å². The van der Waals surface area contributed by atoms with E-state index in [-0.39, 0.29) is 0 Å². The molecule has 0 aliphatic carbocycles. The molecular formula is C20H26N8O2. The van der Waals surface area contributed by atoms with Crippen molar-refractivity contribution in [3.63, 3.8) is 0 Å². The average Bonchev–Trinajstić information content (AvgIpc) is 3.45. The summed E-state index contributed by atoms with van der Waals surface area (Å²) in [5, 5.41) is 6.28. The molecule has 3 aromatic rings. The molecule has 1 unspecified atom stereocenters. The van der Waals surface area contributed by atoms with Crippen LogP contribution in [-0.2, 0) is 0 Å². The molecular weight excluding hydrogens is 384 g/mol. The van der Waals surface area contributed by atoms with Gasteiger partial charge in [0.2, 0.25) is 17.8 Å². The molecule has 1 aliphatic rings. The number of ether oxygens (including phenoxy) is 1. The summed E-state index contributed by atoms with van der Waals surface area (Å²) in [5.41, 5.74) is 1.61. The number of aromatic nitrogens is 4. The van der Waals surface area contributed by atoms with E-state index in [1.165, 1.54) is 6.39 Å². The molecule has 0 amide bonds. The molecule has 1 fully saturated rings. The molecule has 2 aromatic heterocycles. The Balaban J connectivity index is 1.58. The zero-order chi connectivity index (χ0) is 21.1. The Bertz CT molecular complexity index is 992. The zero-order valence-electron chi connectivity index (χ0n) is 17.6. The number of rotatable bonds is 7. The van der Waals surface area contributed by atoms with Gasteiger partial charge in [0.25, 0.3) is 0 Å². The van der Waals surface area contributed by atoms with E-state index in [9.17, 15) is 0 Å². The number of oxazole rings is 1. The second-order valence-electron chi connectivity index (χ2n) is 7.29. The number of methoxy groups -OCH3 is 1. The molecule has 10 heteroatoms. The molecule has 158 valence electrons. The van der Waals surface area contributed by atoms with Gasteiger partial charge in [-0.3, -0.25) is 0 Å². The van der Waals surface area contributed by atoms with E-state index in [0.29, 0.717) is 35.4 Å². The third kappa shape index (κ3) is 4.13. The van der Waals surface area contributed by atoms with E-state index < -0.39 is 0 Å².